The van der Waals surface area contributed by atoms with Crippen LogP contribution in [0.5, 0.6) is 5.75 Å². The summed E-state index contributed by atoms with van der Waals surface area (Å²) in [6, 6.07) is 6.91. The van der Waals surface area contributed by atoms with E-state index in [2.05, 4.69) is 15.5 Å². The predicted octanol–water partition coefficient (Wildman–Crippen LogP) is 1.91. The molecule has 0 aliphatic rings. The molecule has 8 nitrogen and oxygen atoms in total. The van der Waals surface area contributed by atoms with Crippen LogP contribution in [-0.4, -0.2) is 33.7 Å². The molecule has 2 rings (SSSR count). The van der Waals surface area contributed by atoms with Crippen molar-refractivity contribution in [2.24, 2.45) is 0 Å². The number of aryl methyl sites for hydroxylation is 1. The van der Waals surface area contributed by atoms with Crippen molar-refractivity contribution in [1.29, 1.82) is 0 Å². The van der Waals surface area contributed by atoms with Crippen molar-refractivity contribution in [2.45, 2.75) is 39.2 Å². The Morgan fingerprint density at radius 1 is 1.36 bits per heavy atom. The van der Waals surface area contributed by atoms with Crippen molar-refractivity contribution in [2.75, 3.05) is 6.61 Å². The van der Waals surface area contributed by atoms with E-state index in [4.69, 9.17) is 14.4 Å². The van der Waals surface area contributed by atoms with E-state index in [9.17, 15) is 9.59 Å². The van der Waals surface area contributed by atoms with E-state index in [1.165, 1.54) is 0 Å². The number of nitrogens with one attached hydrogen (secondary N) is 1. The summed E-state index contributed by atoms with van der Waals surface area (Å²) in [5.41, 5.74) is 0.816. The SMILES string of the molecule is CC(C)c1noc(CCC(=O)NCc2cccc(OCC(=O)O)c2)n1. The van der Waals surface area contributed by atoms with Crippen LogP contribution in [0.3, 0.4) is 0 Å². The van der Waals surface area contributed by atoms with E-state index in [1.54, 1.807) is 18.2 Å². The fourth-order valence-corrected chi connectivity index (χ4v) is 2.00. The molecule has 0 radical (unpaired) electrons. The molecular formula is C17H21N3O5. The van der Waals surface area contributed by atoms with Crippen molar-refractivity contribution >= 4 is 11.9 Å². The summed E-state index contributed by atoms with van der Waals surface area (Å²) in [5, 5.41) is 15.2. The van der Waals surface area contributed by atoms with Gasteiger partial charge in [0.05, 0.1) is 0 Å². The molecule has 1 amide bonds. The van der Waals surface area contributed by atoms with Crippen LogP contribution in [0.15, 0.2) is 28.8 Å². The number of carboxylic acids is 1. The fourth-order valence-electron chi connectivity index (χ4n) is 2.00. The number of benzene rings is 1. The van der Waals surface area contributed by atoms with Crippen LogP contribution in [0.4, 0.5) is 0 Å². The van der Waals surface area contributed by atoms with Gasteiger partial charge in [0.25, 0.3) is 0 Å². The summed E-state index contributed by atoms with van der Waals surface area (Å²) in [6.07, 6.45) is 0.627. The van der Waals surface area contributed by atoms with Gasteiger partial charge in [0.1, 0.15) is 5.75 Å². The molecule has 0 aliphatic carbocycles. The molecule has 0 aliphatic heterocycles. The number of amides is 1. The maximum atomic E-state index is 11.9. The lowest BCUT2D eigenvalue weighted by atomic mass is 10.2. The second kappa shape index (κ2) is 8.81. The lowest BCUT2D eigenvalue weighted by Crippen LogP contribution is -2.23. The van der Waals surface area contributed by atoms with Gasteiger partial charge < -0.3 is 19.7 Å². The van der Waals surface area contributed by atoms with Crippen molar-refractivity contribution in [3.63, 3.8) is 0 Å². The van der Waals surface area contributed by atoms with Gasteiger partial charge in [-0.05, 0) is 17.7 Å². The first-order valence-corrected chi connectivity index (χ1v) is 7.96. The zero-order valence-electron chi connectivity index (χ0n) is 14.2. The molecule has 134 valence electrons. The molecule has 0 unspecified atom stereocenters. The monoisotopic (exact) mass is 347 g/mol. The van der Waals surface area contributed by atoms with Crippen molar-refractivity contribution in [3.05, 3.63) is 41.5 Å². The number of rotatable bonds is 9. The van der Waals surface area contributed by atoms with E-state index in [0.717, 1.165) is 5.56 Å². The maximum absolute atomic E-state index is 11.9. The minimum atomic E-state index is -1.04. The second-order valence-electron chi connectivity index (χ2n) is 5.81. The highest BCUT2D eigenvalue weighted by molar-refractivity contribution is 5.76. The van der Waals surface area contributed by atoms with Gasteiger partial charge in [-0.25, -0.2) is 4.79 Å². The Balaban J connectivity index is 1.77. The number of carboxylic acid groups (broad SMARTS) is 1. The fraction of sp³-hybridized carbons (Fsp3) is 0.412. The van der Waals surface area contributed by atoms with Crippen molar-refractivity contribution < 1.29 is 24.0 Å². The molecule has 1 aromatic heterocycles. The Morgan fingerprint density at radius 3 is 2.84 bits per heavy atom. The topological polar surface area (TPSA) is 115 Å². The number of ether oxygens (including phenoxy) is 1. The Morgan fingerprint density at radius 2 is 2.16 bits per heavy atom. The van der Waals surface area contributed by atoms with Crippen LogP contribution in [-0.2, 0) is 22.6 Å². The largest absolute Gasteiger partial charge is 0.482 e. The smallest absolute Gasteiger partial charge is 0.341 e. The van der Waals surface area contributed by atoms with Gasteiger partial charge in [-0.1, -0.05) is 31.1 Å². The Labute approximate surface area is 145 Å². The molecule has 0 saturated heterocycles. The molecule has 2 N–H and O–H groups in total. The van der Waals surface area contributed by atoms with E-state index in [-0.39, 0.29) is 18.2 Å². The van der Waals surface area contributed by atoms with Gasteiger partial charge >= 0.3 is 5.97 Å². The summed E-state index contributed by atoms with van der Waals surface area (Å²) in [6.45, 7) is 3.85. The van der Waals surface area contributed by atoms with Gasteiger partial charge in [-0.2, -0.15) is 4.98 Å². The van der Waals surface area contributed by atoms with Gasteiger partial charge in [-0.3, -0.25) is 4.79 Å². The third kappa shape index (κ3) is 6.25. The van der Waals surface area contributed by atoms with Crippen LogP contribution in [0.2, 0.25) is 0 Å². The molecule has 0 atom stereocenters. The van der Waals surface area contributed by atoms with E-state index < -0.39 is 12.6 Å². The summed E-state index contributed by atoms with van der Waals surface area (Å²) >= 11 is 0. The Kier molecular flexibility index (Phi) is 6.50. The van der Waals surface area contributed by atoms with E-state index in [0.29, 0.717) is 30.4 Å². The third-order valence-electron chi connectivity index (χ3n) is 3.32. The minimum absolute atomic E-state index is 0.138. The van der Waals surface area contributed by atoms with Crippen molar-refractivity contribution in [1.82, 2.24) is 15.5 Å². The molecule has 25 heavy (non-hydrogen) atoms. The normalized spacial score (nSPS) is 10.7. The van der Waals surface area contributed by atoms with Crippen LogP contribution in [0.25, 0.3) is 0 Å². The van der Waals surface area contributed by atoms with Crippen LogP contribution < -0.4 is 10.1 Å². The average Bonchev–Trinajstić information content (AvgIpc) is 3.06. The first-order valence-electron chi connectivity index (χ1n) is 7.96. The quantitative estimate of drug-likeness (QED) is 0.712. The number of carbonyl (C=O) groups excluding carboxylic acids is 1. The molecule has 0 bridgehead atoms. The molecule has 0 spiro atoms. The highest BCUT2D eigenvalue weighted by atomic mass is 16.5. The van der Waals surface area contributed by atoms with Gasteiger partial charge in [0, 0.05) is 25.3 Å². The number of carbonyl (C=O) groups is 2. The predicted molar refractivity (Wildman–Crippen MR) is 88.1 cm³/mol. The molecule has 2 aromatic rings. The van der Waals surface area contributed by atoms with Gasteiger partial charge in [-0.15, -0.1) is 0 Å². The number of nitrogens with zero attached hydrogens (tertiary/aromatic N) is 2. The number of aromatic nitrogens is 2. The lowest BCUT2D eigenvalue weighted by molar-refractivity contribution is -0.139. The molecule has 1 heterocycles. The van der Waals surface area contributed by atoms with Crippen molar-refractivity contribution in [3.8, 4) is 5.75 Å². The molecular weight excluding hydrogens is 326 g/mol. The van der Waals surface area contributed by atoms with Crippen LogP contribution in [0, 0.1) is 0 Å². The van der Waals surface area contributed by atoms with E-state index >= 15 is 0 Å². The summed E-state index contributed by atoms with van der Waals surface area (Å²) in [7, 11) is 0. The zero-order chi connectivity index (χ0) is 18.2. The highest BCUT2D eigenvalue weighted by Gasteiger charge is 2.11. The Hall–Kier alpha value is -2.90. The molecule has 0 fully saturated rings. The number of hydrogen-bond acceptors (Lipinski definition) is 6. The molecule has 8 heteroatoms. The number of aliphatic carboxylic acids is 1. The van der Waals surface area contributed by atoms with Gasteiger partial charge in [0.15, 0.2) is 12.4 Å². The Bertz CT molecular complexity index is 727. The first-order chi connectivity index (χ1) is 11.9. The van der Waals surface area contributed by atoms with Crippen LogP contribution >= 0.6 is 0 Å². The lowest BCUT2D eigenvalue weighted by Gasteiger charge is -2.07. The third-order valence-corrected chi connectivity index (χ3v) is 3.32. The molecule has 1 aromatic carbocycles. The highest BCUT2D eigenvalue weighted by Crippen LogP contribution is 2.13. The maximum Gasteiger partial charge on any atom is 0.341 e. The minimum Gasteiger partial charge on any atom is -0.482 e. The van der Waals surface area contributed by atoms with Gasteiger partial charge in [0.2, 0.25) is 11.8 Å². The first kappa shape index (κ1) is 18.4. The zero-order valence-corrected chi connectivity index (χ0v) is 14.2. The van der Waals surface area contributed by atoms with E-state index in [1.807, 2.05) is 19.9 Å². The number of hydrogen-bond donors (Lipinski definition) is 2. The summed E-state index contributed by atoms with van der Waals surface area (Å²) in [5.74, 6) is 0.529. The summed E-state index contributed by atoms with van der Waals surface area (Å²) < 4.78 is 10.2. The average molecular weight is 347 g/mol. The second-order valence-corrected chi connectivity index (χ2v) is 5.81. The molecule has 0 saturated carbocycles. The standard InChI is InChI=1S/C17H21N3O5/c1-11(2)17-19-15(25-20-17)7-6-14(21)18-9-12-4-3-5-13(8-12)24-10-16(22)23/h3-5,8,11H,6-7,9-10H2,1-2H3,(H,18,21)(H,22,23). The summed E-state index contributed by atoms with van der Waals surface area (Å²) in [4.78, 5) is 26.6. The van der Waals surface area contributed by atoms with Crippen LogP contribution in [0.1, 0.15) is 43.5 Å².